The first kappa shape index (κ1) is 20.1. The molecule has 2 rings (SSSR count). The minimum absolute atomic E-state index is 0.0783. The van der Waals surface area contributed by atoms with Gasteiger partial charge < -0.3 is 20.1 Å². The van der Waals surface area contributed by atoms with Gasteiger partial charge in [-0.3, -0.25) is 4.79 Å². The number of nitrogens with one attached hydrogen (secondary N) is 2. The summed E-state index contributed by atoms with van der Waals surface area (Å²) in [7, 11) is 0. The van der Waals surface area contributed by atoms with Crippen LogP contribution in [0.25, 0.3) is 0 Å². The number of alkyl halides is 5. The standard InChI is InChI=1S/C15H18F5N3O3/c1-9-7-10(4-6-21-9)23-13(24)14(16,17)8-25-12-11(3-2-5-22-12)26-15(18,19)20/h2-3,5,9-10,21H,4,6-8H2,1H3,(H,23,24)/t9-,10-/m1/s1. The third kappa shape index (κ3) is 5.97. The molecule has 11 heteroatoms. The van der Waals surface area contributed by atoms with Crippen LogP contribution in [0, 0.1) is 0 Å². The van der Waals surface area contributed by atoms with Crippen molar-refractivity contribution < 1.29 is 36.2 Å². The molecule has 0 radical (unpaired) electrons. The summed E-state index contributed by atoms with van der Waals surface area (Å²) in [5, 5.41) is 5.36. The Balaban J connectivity index is 1.96. The molecule has 1 amide bonds. The van der Waals surface area contributed by atoms with E-state index in [4.69, 9.17) is 0 Å². The van der Waals surface area contributed by atoms with Gasteiger partial charge >= 0.3 is 12.3 Å². The van der Waals surface area contributed by atoms with Crippen molar-refractivity contribution in [3.05, 3.63) is 18.3 Å². The average molecular weight is 383 g/mol. The number of aromatic nitrogens is 1. The molecule has 0 aromatic carbocycles. The van der Waals surface area contributed by atoms with Crippen molar-refractivity contribution in [3.63, 3.8) is 0 Å². The van der Waals surface area contributed by atoms with Crippen LogP contribution in [0.4, 0.5) is 22.0 Å². The molecule has 1 saturated heterocycles. The Morgan fingerprint density at radius 1 is 1.38 bits per heavy atom. The first-order chi connectivity index (χ1) is 12.1. The number of hydrogen-bond acceptors (Lipinski definition) is 5. The van der Waals surface area contributed by atoms with Gasteiger partial charge in [0, 0.05) is 18.3 Å². The van der Waals surface area contributed by atoms with Crippen molar-refractivity contribution in [1.29, 1.82) is 0 Å². The Hall–Kier alpha value is -2.17. The van der Waals surface area contributed by atoms with Crippen molar-refractivity contribution in [2.24, 2.45) is 0 Å². The summed E-state index contributed by atoms with van der Waals surface area (Å²) >= 11 is 0. The molecule has 0 bridgehead atoms. The third-order valence-corrected chi connectivity index (χ3v) is 3.64. The molecule has 0 unspecified atom stereocenters. The van der Waals surface area contributed by atoms with E-state index in [9.17, 15) is 26.7 Å². The van der Waals surface area contributed by atoms with Crippen LogP contribution in [0.15, 0.2) is 18.3 Å². The highest BCUT2D eigenvalue weighted by Gasteiger charge is 2.42. The first-order valence-electron chi connectivity index (χ1n) is 7.82. The van der Waals surface area contributed by atoms with Gasteiger partial charge in [-0.2, -0.15) is 8.78 Å². The van der Waals surface area contributed by atoms with E-state index in [0.717, 1.165) is 18.3 Å². The lowest BCUT2D eigenvalue weighted by Crippen LogP contribution is -2.52. The van der Waals surface area contributed by atoms with Gasteiger partial charge in [0.1, 0.15) is 0 Å². The molecule has 2 N–H and O–H groups in total. The quantitative estimate of drug-likeness (QED) is 0.738. The van der Waals surface area contributed by atoms with Gasteiger partial charge in [0.25, 0.3) is 11.8 Å². The maximum atomic E-state index is 14.0. The van der Waals surface area contributed by atoms with Gasteiger partial charge in [-0.05, 0) is 38.4 Å². The van der Waals surface area contributed by atoms with Crippen molar-refractivity contribution >= 4 is 5.91 Å². The van der Waals surface area contributed by atoms with E-state index in [1.165, 1.54) is 0 Å². The van der Waals surface area contributed by atoms with E-state index in [0.29, 0.717) is 19.4 Å². The molecule has 26 heavy (non-hydrogen) atoms. The van der Waals surface area contributed by atoms with E-state index in [-0.39, 0.29) is 6.04 Å². The fraction of sp³-hybridized carbons (Fsp3) is 0.600. The van der Waals surface area contributed by atoms with E-state index in [1.54, 1.807) is 0 Å². The minimum atomic E-state index is -5.03. The molecule has 1 fully saturated rings. The van der Waals surface area contributed by atoms with Crippen LogP contribution in [0.5, 0.6) is 11.6 Å². The van der Waals surface area contributed by atoms with Crippen LogP contribution in [0.3, 0.4) is 0 Å². The molecule has 6 nitrogen and oxygen atoms in total. The third-order valence-electron chi connectivity index (χ3n) is 3.64. The van der Waals surface area contributed by atoms with Crippen LogP contribution in [0.2, 0.25) is 0 Å². The van der Waals surface area contributed by atoms with Gasteiger partial charge in [0.15, 0.2) is 12.4 Å². The molecule has 2 heterocycles. The number of hydrogen-bond donors (Lipinski definition) is 2. The van der Waals surface area contributed by atoms with Crippen LogP contribution in [-0.2, 0) is 4.79 Å². The average Bonchev–Trinajstić information content (AvgIpc) is 2.52. The van der Waals surface area contributed by atoms with E-state index >= 15 is 0 Å². The Labute approximate surface area is 146 Å². The van der Waals surface area contributed by atoms with Gasteiger partial charge in [-0.25, -0.2) is 4.98 Å². The van der Waals surface area contributed by atoms with Gasteiger partial charge in [-0.1, -0.05) is 0 Å². The monoisotopic (exact) mass is 383 g/mol. The molecule has 0 spiro atoms. The van der Waals surface area contributed by atoms with Gasteiger partial charge in [0.05, 0.1) is 0 Å². The smallest absolute Gasteiger partial charge is 0.468 e. The second kappa shape index (κ2) is 8.02. The molecule has 0 saturated carbocycles. The Kier molecular flexibility index (Phi) is 6.21. The molecule has 1 aliphatic heterocycles. The number of pyridine rings is 1. The number of carbonyl (C=O) groups is 1. The molecule has 1 aromatic rings. The number of amides is 1. The minimum Gasteiger partial charge on any atom is -0.468 e. The fourth-order valence-corrected chi connectivity index (χ4v) is 2.47. The Morgan fingerprint density at radius 2 is 2.12 bits per heavy atom. The number of carbonyl (C=O) groups excluding carboxylic acids is 1. The number of rotatable bonds is 6. The maximum absolute atomic E-state index is 14.0. The van der Waals surface area contributed by atoms with Gasteiger partial charge in [-0.15, -0.1) is 13.2 Å². The van der Waals surface area contributed by atoms with Crippen LogP contribution in [0.1, 0.15) is 19.8 Å². The summed E-state index contributed by atoms with van der Waals surface area (Å²) in [6.45, 7) is 0.980. The summed E-state index contributed by atoms with van der Waals surface area (Å²) in [4.78, 5) is 15.2. The predicted octanol–water partition coefficient (Wildman–Crippen LogP) is 2.25. The molecule has 2 atom stereocenters. The molecule has 146 valence electrons. The van der Waals surface area contributed by atoms with E-state index in [1.807, 2.05) is 6.92 Å². The molecular formula is C15H18F5N3O3. The van der Waals surface area contributed by atoms with E-state index < -0.39 is 42.5 Å². The van der Waals surface area contributed by atoms with Crippen molar-refractivity contribution in [1.82, 2.24) is 15.6 Å². The molecule has 0 aliphatic carbocycles. The highest BCUT2D eigenvalue weighted by Crippen LogP contribution is 2.30. The highest BCUT2D eigenvalue weighted by molar-refractivity contribution is 5.83. The summed E-state index contributed by atoms with van der Waals surface area (Å²) < 4.78 is 73.1. The molecule has 1 aromatic heterocycles. The van der Waals surface area contributed by atoms with Gasteiger partial charge in [0.2, 0.25) is 0 Å². The summed E-state index contributed by atoms with van der Waals surface area (Å²) in [5.41, 5.74) is 0. The maximum Gasteiger partial charge on any atom is 0.573 e. The van der Waals surface area contributed by atoms with Crippen LogP contribution in [-0.4, -0.2) is 48.4 Å². The number of nitrogens with zero attached hydrogens (tertiary/aromatic N) is 1. The summed E-state index contributed by atoms with van der Waals surface area (Å²) in [5.74, 6) is -7.15. The molecular weight excluding hydrogens is 365 g/mol. The largest absolute Gasteiger partial charge is 0.573 e. The molecule has 1 aliphatic rings. The number of ether oxygens (including phenoxy) is 2. The lowest BCUT2D eigenvalue weighted by molar-refractivity contribution is -0.275. The zero-order valence-electron chi connectivity index (χ0n) is 13.8. The van der Waals surface area contributed by atoms with Crippen molar-refractivity contribution in [3.8, 4) is 11.6 Å². The fourth-order valence-electron chi connectivity index (χ4n) is 2.47. The zero-order valence-corrected chi connectivity index (χ0v) is 13.8. The highest BCUT2D eigenvalue weighted by atomic mass is 19.4. The topological polar surface area (TPSA) is 72.5 Å². The Morgan fingerprint density at radius 3 is 2.77 bits per heavy atom. The normalized spacial score (nSPS) is 21.2. The van der Waals surface area contributed by atoms with Crippen molar-refractivity contribution in [2.75, 3.05) is 13.2 Å². The number of halogens is 5. The SMILES string of the molecule is C[C@@H]1C[C@H](NC(=O)C(F)(F)COc2ncccc2OC(F)(F)F)CCN1. The van der Waals surface area contributed by atoms with E-state index in [2.05, 4.69) is 25.1 Å². The predicted molar refractivity (Wildman–Crippen MR) is 80.0 cm³/mol. The van der Waals surface area contributed by atoms with Crippen LogP contribution >= 0.6 is 0 Å². The second-order valence-electron chi connectivity index (χ2n) is 5.90. The summed E-state index contributed by atoms with van der Waals surface area (Å²) in [6.07, 6.45) is -3.00. The zero-order chi connectivity index (χ0) is 19.4. The van der Waals surface area contributed by atoms with Crippen LogP contribution < -0.4 is 20.1 Å². The lowest BCUT2D eigenvalue weighted by Gasteiger charge is -2.29. The number of piperidine rings is 1. The van der Waals surface area contributed by atoms with Crippen molar-refractivity contribution in [2.45, 2.75) is 44.1 Å². The summed E-state index contributed by atoms with van der Waals surface area (Å²) in [6, 6.07) is 1.65. The lowest BCUT2D eigenvalue weighted by atomic mass is 10.0. The second-order valence-corrected chi connectivity index (χ2v) is 5.90. The first-order valence-corrected chi connectivity index (χ1v) is 7.82. The Bertz CT molecular complexity index is 627.